The Morgan fingerprint density at radius 3 is 2.55 bits per heavy atom. The number of carbonyl (C=O) groups excluding carboxylic acids is 1. The Morgan fingerprint density at radius 2 is 1.93 bits per heavy atom. The van der Waals surface area contributed by atoms with E-state index in [1.165, 1.54) is 0 Å². The van der Waals surface area contributed by atoms with Crippen molar-refractivity contribution in [1.29, 1.82) is 0 Å². The summed E-state index contributed by atoms with van der Waals surface area (Å²) < 4.78 is 4.26. The maximum absolute atomic E-state index is 13.4. The molecule has 0 atom stereocenters. The fourth-order valence-corrected chi connectivity index (χ4v) is 4.41. The number of carbonyl (C=O) groups is 1. The molecular weight excluding hydrogens is 362 g/mol. The number of amides is 1. The monoisotopic (exact) mass is 393 g/mol. The lowest BCUT2D eigenvalue weighted by molar-refractivity contribution is 0.0665. The summed E-state index contributed by atoms with van der Waals surface area (Å²) in [5.74, 6) is 1.11. The molecule has 6 heteroatoms. The minimum absolute atomic E-state index is 0.122. The van der Waals surface area contributed by atoms with Crippen LogP contribution >= 0.6 is 0 Å². The summed E-state index contributed by atoms with van der Waals surface area (Å²) in [7, 11) is 4.24. The third kappa shape index (κ3) is 3.57. The third-order valence-corrected chi connectivity index (χ3v) is 6.12. The van der Waals surface area contributed by atoms with Gasteiger partial charge in [0.1, 0.15) is 11.5 Å². The maximum atomic E-state index is 13.4. The number of hydrogen-bond donors (Lipinski definition) is 0. The predicted molar refractivity (Wildman–Crippen MR) is 116 cm³/mol. The van der Waals surface area contributed by atoms with E-state index in [-0.39, 0.29) is 5.91 Å². The molecule has 4 rings (SSSR count). The molecule has 154 valence electrons. The van der Waals surface area contributed by atoms with Crippen LogP contribution in [0.5, 0.6) is 0 Å². The van der Waals surface area contributed by atoms with E-state index in [9.17, 15) is 4.79 Å². The van der Waals surface area contributed by atoms with Crippen LogP contribution in [0.15, 0.2) is 36.7 Å². The lowest BCUT2D eigenvalue weighted by Crippen LogP contribution is -2.44. The van der Waals surface area contributed by atoms with Gasteiger partial charge in [-0.05, 0) is 65.9 Å². The third-order valence-electron chi connectivity index (χ3n) is 6.12. The van der Waals surface area contributed by atoms with E-state index in [0.29, 0.717) is 12.1 Å². The number of likely N-dealkylation sites (tertiary alicyclic amines) is 1. The quantitative estimate of drug-likeness (QED) is 0.676. The van der Waals surface area contributed by atoms with Gasteiger partial charge in [0.15, 0.2) is 0 Å². The first-order chi connectivity index (χ1) is 13.9. The molecule has 3 aromatic heterocycles. The number of piperidine rings is 1. The summed E-state index contributed by atoms with van der Waals surface area (Å²) in [4.78, 5) is 22.4. The minimum atomic E-state index is 0.122. The van der Waals surface area contributed by atoms with E-state index in [1.54, 1.807) is 0 Å². The molecule has 1 aliphatic rings. The fourth-order valence-electron chi connectivity index (χ4n) is 4.41. The number of rotatable bonds is 4. The molecule has 1 aliphatic heterocycles. The van der Waals surface area contributed by atoms with Crippen molar-refractivity contribution in [2.24, 2.45) is 0 Å². The van der Waals surface area contributed by atoms with Gasteiger partial charge in [-0.15, -0.1) is 0 Å². The van der Waals surface area contributed by atoms with Crippen molar-refractivity contribution in [3.63, 3.8) is 0 Å². The fraction of sp³-hybridized carbons (Fsp3) is 0.478. The van der Waals surface area contributed by atoms with Gasteiger partial charge in [-0.1, -0.05) is 6.07 Å². The Balaban J connectivity index is 1.70. The van der Waals surface area contributed by atoms with E-state index in [1.807, 2.05) is 42.3 Å². The molecule has 4 heterocycles. The molecule has 3 aromatic rings. The number of pyridine rings is 1. The molecule has 0 N–H and O–H groups in total. The smallest absolute Gasteiger partial charge is 0.256 e. The van der Waals surface area contributed by atoms with Crippen LogP contribution in [-0.2, 0) is 0 Å². The molecular formula is C23H31N5O. The summed E-state index contributed by atoms with van der Waals surface area (Å²) in [5, 5.41) is 0. The number of fused-ring (bicyclic) bond motifs is 1. The predicted octanol–water partition coefficient (Wildman–Crippen LogP) is 3.86. The molecule has 0 aliphatic carbocycles. The largest absolute Gasteiger partial charge is 0.338 e. The topological polar surface area (TPSA) is 45.8 Å². The lowest BCUT2D eigenvalue weighted by atomic mass is 10.0. The van der Waals surface area contributed by atoms with Crippen LogP contribution in [0, 0.1) is 6.92 Å². The Morgan fingerprint density at radius 1 is 1.21 bits per heavy atom. The Labute approximate surface area is 172 Å². The normalized spacial score (nSPS) is 15.8. The molecule has 1 saturated heterocycles. The molecule has 1 amide bonds. The second kappa shape index (κ2) is 7.67. The highest BCUT2D eigenvalue weighted by atomic mass is 16.2. The average Bonchev–Trinajstić information content (AvgIpc) is 3.28. The molecule has 0 radical (unpaired) electrons. The van der Waals surface area contributed by atoms with Crippen molar-refractivity contribution in [2.75, 3.05) is 27.2 Å². The number of hydrogen-bond acceptors (Lipinski definition) is 3. The number of nitrogens with zero attached hydrogens (tertiary/aromatic N) is 5. The van der Waals surface area contributed by atoms with Gasteiger partial charge in [-0.2, -0.15) is 0 Å². The van der Waals surface area contributed by atoms with Gasteiger partial charge in [0.2, 0.25) is 0 Å². The molecule has 0 spiro atoms. The Hall–Kier alpha value is -2.60. The summed E-state index contributed by atoms with van der Waals surface area (Å²) in [6.07, 6.45) is 6.15. The average molecular weight is 394 g/mol. The zero-order chi connectivity index (χ0) is 20.7. The van der Waals surface area contributed by atoms with Gasteiger partial charge < -0.3 is 18.8 Å². The highest BCUT2D eigenvalue weighted by Crippen LogP contribution is 2.28. The van der Waals surface area contributed by atoms with E-state index in [0.717, 1.165) is 54.2 Å². The van der Waals surface area contributed by atoms with E-state index in [4.69, 9.17) is 4.98 Å². The molecule has 0 unspecified atom stereocenters. The number of aromatic nitrogens is 3. The lowest BCUT2D eigenvalue weighted by Gasteiger charge is -2.35. The van der Waals surface area contributed by atoms with Crippen molar-refractivity contribution in [2.45, 2.75) is 45.7 Å². The highest BCUT2D eigenvalue weighted by Gasteiger charge is 2.27. The number of aryl methyl sites for hydroxylation is 1. The zero-order valence-corrected chi connectivity index (χ0v) is 18.1. The van der Waals surface area contributed by atoms with E-state index >= 15 is 0 Å². The first-order valence-electron chi connectivity index (χ1n) is 10.5. The molecule has 0 bridgehead atoms. The van der Waals surface area contributed by atoms with Crippen LogP contribution < -0.4 is 0 Å². The van der Waals surface area contributed by atoms with Crippen LogP contribution in [0.25, 0.3) is 16.9 Å². The summed E-state index contributed by atoms with van der Waals surface area (Å²) >= 11 is 0. The second-order valence-corrected chi connectivity index (χ2v) is 8.56. The Kier molecular flexibility index (Phi) is 5.21. The summed E-state index contributed by atoms with van der Waals surface area (Å²) in [5.41, 5.74) is 3.58. The SMILES string of the molecule is Cc1nc(-c2cc(C(=O)N3CCC(N(C)C)CC3)c3ccccn23)cn1C(C)C. The number of imidazole rings is 1. The first kappa shape index (κ1) is 19.7. The van der Waals surface area contributed by atoms with Crippen molar-refractivity contribution < 1.29 is 4.79 Å². The van der Waals surface area contributed by atoms with Gasteiger partial charge in [0.05, 0.1) is 16.8 Å². The summed E-state index contributed by atoms with van der Waals surface area (Å²) in [6, 6.07) is 8.94. The Bertz CT molecular complexity index is 1020. The minimum Gasteiger partial charge on any atom is -0.338 e. The van der Waals surface area contributed by atoms with Crippen molar-refractivity contribution >= 4 is 11.4 Å². The van der Waals surface area contributed by atoms with Crippen LogP contribution in [0.1, 0.15) is 48.9 Å². The molecule has 1 fully saturated rings. The van der Waals surface area contributed by atoms with Crippen molar-refractivity contribution in [3.8, 4) is 11.4 Å². The first-order valence-corrected chi connectivity index (χ1v) is 10.5. The van der Waals surface area contributed by atoms with E-state index < -0.39 is 0 Å². The maximum Gasteiger partial charge on any atom is 0.256 e. The second-order valence-electron chi connectivity index (χ2n) is 8.56. The molecule has 0 saturated carbocycles. The van der Waals surface area contributed by atoms with Crippen molar-refractivity contribution in [1.82, 2.24) is 23.8 Å². The van der Waals surface area contributed by atoms with Crippen LogP contribution in [0.4, 0.5) is 0 Å². The molecule has 0 aromatic carbocycles. The highest BCUT2D eigenvalue weighted by molar-refractivity contribution is 6.02. The van der Waals surface area contributed by atoms with E-state index in [2.05, 4.69) is 48.0 Å². The van der Waals surface area contributed by atoms with Crippen molar-refractivity contribution in [3.05, 3.63) is 48.0 Å². The zero-order valence-electron chi connectivity index (χ0n) is 18.1. The van der Waals surface area contributed by atoms with Gasteiger partial charge in [0.25, 0.3) is 5.91 Å². The molecule has 29 heavy (non-hydrogen) atoms. The van der Waals surface area contributed by atoms with Gasteiger partial charge >= 0.3 is 0 Å². The van der Waals surface area contributed by atoms with Gasteiger partial charge in [-0.25, -0.2) is 4.98 Å². The molecule has 6 nitrogen and oxygen atoms in total. The standard InChI is InChI=1S/C23H31N5O/c1-16(2)28-15-20(24-17(28)3)22-14-19(21-8-6-7-11-27(21)22)23(29)26-12-9-18(10-13-26)25(4)5/h6-8,11,14-16,18H,9-10,12-13H2,1-5H3. The van der Waals surface area contributed by atoms with Crippen LogP contribution in [0.3, 0.4) is 0 Å². The van der Waals surface area contributed by atoms with Crippen LogP contribution in [-0.4, -0.2) is 62.9 Å². The van der Waals surface area contributed by atoms with Crippen LogP contribution in [0.2, 0.25) is 0 Å². The van der Waals surface area contributed by atoms with Gasteiger partial charge in [0, 0.05) is 37.6 Å². The summed E-state index contributed by atoms with van der Waals surface area (Å²) in [6.45, 7) is 7.95. The van der Waals surface area contributed by atoms with Gasteiger partial charge in [-0.3, -0.25) is 4.79 Å².